The number of carbonyl (C=O) groups is 1. The van der Waals surface area contributed by atoms with Gasteiger partial charge in [-0.05, 0) is 57.0 Å². The molecule has 2 aliphatic heterocycles. The molecule has 0 aliphatic carbocycles. The van der Waals surface area contributed by atoms with Crippen LogP contribution < -0.4 is 5.32 Å². The SMILES string of the molecule is Cc1nc2cc(CNC(=O)C3CCN(C4CCS(=O)(=O)C4)CC3)ccc2n1C. The van der Waals surface area contributed by atoms with E-state index in [2.05, 4.69) is 19.8 Å². The largest absolute Gasteiger partial charge is 0.352 e. The lowest BCUT2D eigenvalue weighted by molar-refractivity contribution is -0.126. The summed E-state index contributed by atoms with van der Waals surface area (Å²) < 4.78 is 25.4. The molecular weight excluding hydrogens is 376 g/mol. The Bertz CT molecular complexity index is 990. The van der Waals surface area contributed by atoms with Crippen molar-refractivity contribution in [2.24, 2.45) is 13.0 Å². The molecule has 28 heavy (non-hydrogen) atoms. The standard InChI is InChI=1S/C20H28N4O3S/c1-14-22-18-11-15(3-4-19(18)23(14)2)12-21-20(25)16-5-8-24(9-6-16)17-7-10-28(26,27)13-17/h3-4,11,16-17H,5-10,12-13H2,1-2H3,(H,21,25). The molecule has 2 fully saturated rings. The summed E-state index contributed by atoms with van der Waals surface area (Å²) >= 11 is 0. The van der Waals surface area contributed by atoms with Gasteiger partial charge in [-0.2, -0.15) is 0 Å². The number of nitrogens with one attached hydrogen (secondary N) is 1. The van der Waals surface area contributed by atoms with Crippen molar-refractivity contribution in [1.29, 1.82) is 0 Å². The highest BCUT2D eigenvalue weighted by Gasteiger charge is 2.35. The average molecular weight is 405 g/mol. The first-order valence-electron chi connectivity index (χ1n) is 9.96. The summed E-state index contributed by atoms with van der Waals surface area (Å²) in [7, 11) is -0.859. The van der Waals surface area contributed by atoms with Gasteiger partial charge < -0.3 is 9.88 Å². The minimum absolute atomic E-state index is 0.00934. The van der Waals surface area contributed by atoms with Crippen molar-refractivity contribution in [3.05, 3.63) is 29.6 Å². The molecule has 1 aromatic carbocycles. The Morgan fingerprint density at radius 3 is 2.68 bits per heavy atom. The fourth-order valence-corrected chi connectivity index (χ4v) is 6.16. The summed E-state index contributed by atoms with van der Waals surface area (Å²) in [6.45, 7) is 4.09. The number of sulfone groups is 1. The molecule has 0 saturated carbocycles. The fourth-order valence-electron chi connectivity index (χ4n) is 4.40. The Morgan fingerprint density at radius 1 is 1.25 bits per heavy atom. The first kappa shape index (κ1) is 19.4. The van der Waals surface area contributed by atoms with E-state index in [0.717, 1.165) is 54.8 Å². The maximum atomic E-state index is 12.6. The van der Waals surface area contributed by atoms with Gasteiger partial charge in [0.15, 0.2) is 9.84 Å². The first-order valence-corrected chi connectivity index (χ1v) is 11.8. The highest BCUT2D eigenvalue weighted by atomic mass is 32.2. The number of fused-ring (bicyclic) bond motifs is 1. The molecule has 1 aromatic heterocycles. The molecule has 1 unspecified atom stereocenters. The van der Waals surface area contributed by atoms with Crippen molar-refractivity contribution < 1.29 is 13.2 Å². The third-order valence-electron chi connectivity index (χ3n) is 6.26. The Morgan fingerprint density at radius 2 is 2.00 bits per heavy atom. The van der Waals surface area contributed by atoms with Crippen LogP contribution in [0, 0.1) is 12.8 Å². The Labute approximate surface area is 166 Å². The van der Waals surface area contributed by atoms with E-state index in [-0.39, 0.29) is 23.6 Å². The smallest absolute Gasteiger partial charge is 0.223 e. The van der Waals surface area contributed by atoms with Gasteiger partial charge in [0.25, 0.3) is 0 Å². The van der Waals surface area contributed by atoms with E-state index in [0.29, 0.717) is 12.3 Å². The molecule has 8 heteroatoms. The number of hydrogen-bond acceptors (Lipinski definition) is 5. The topological polar surface area (TPSA) is 84.3 Å². The van der Waals surface area contributed by atoms with Crippen LogP contribution in [0.2, 0.25) is 0 Å². The molecule has 7 nitrogen and oxygen atoms in total. The number of benzene rings is 1. The van der Waals surface area contributed by atoms with E-state index in [1.165, 1.54) is 0 Å². The van der Waals surface area contributed by atoms with Crippen LogP contribution in [-0.2, 0) is 28.2 Å². The summed E-state index contributed by atoms with van der Waals surface area (Å²) in [4.78, 5) is 19.4. The summed E-state index contributed by atoms with van der Waals surface area (Å²) in [5.74, 6) is 1.65. The number of likely N-dealkylation sites (tertiary alicyclic amines) is 1. The van der Waals surface area contributed by atoms with Crippen LogP contribution in [-0.4, -0.2) is 59.4 Å². The zero-order valence-electron chi connectivity index (χ0n) is 16.5. The average Bonchev–Trinajstić information content (AvgIpc) is 3.18. The molecule has 2 aliphatic rings. The lowest BCUT2D eigenvalue weighted by atomic mass is 9.94. The number of piperidine rings is 1. The van der Waals surface area contributed by atoms with Gasteiger partial charge in [0.1, 0.15) is 5.82 Å². The molecule has 3 heterocycles. The van der Waals surface area contributed by atoms with Crippen molar-refractivity contribution in [3.63, 3.8) is 0 Å². The molecule has 1 N–H and O–H groups in total. The molecule has 2 saturated heterocycles. The Kier molecular flexibility index (Phi) is 5.18. The quantitative estimate of drug-likeness (QED) is 0.833. The number of aryl methyl sites for hydroxylation is 2. The molecule has 4 rings (SSSR count). The van der Waals surface area contributed by atoms with Crippen LogP contribution in [0.25, 0.3) is 11.0 Å². The normalized spacial score (nSPS) is 23.3. The van der Waals surface area contributed by atoms with E-state index in [1.807, 2.05) is 32.2 Å². The molecule has 2 aromatic rings. The fraction of sp³-hybridized carbons (Fsp3) is 0.600. The van der Waals surface area contributed by atoms with Gasteiger partial charge in [0.2, 0.25) is 5.91 Å². The predicted molar refractivity (Wildman–Crippen MR) is 109 cm³/mol. The van der Waals surface area contributed by atoms with Gasteiger partial charge in [-0.15, -0.1) is 0 Å². The summed E-state index contributed by atoms with van der Waals surface area (Å²) in [6, 6.07) is 6.26. The van der Waals surface area contributed by atoms with Crippen LogP contribution >= 0.6 is 0 Å². The van der Waals surface area contributed by atoms with Gasteiger partial charge >= 0.3 is 0 Å². The second kappa shape index (κ2) is 7.48. The Hall–Kier alpha value is -1.93. The number of amides is 1. The van der Waals surface area contributed by atoms with E-state index < -0.39 is 9.84 Å². The highest BCUT2D eigenvalue weighted by molar-refractivity contribution is 7.91. The van der Waals surface area contributed by atoms with Crippen LogP contribution in [0.5, 0.6) is 0 Å². The van der Waals surface area contributed by atoms with E-state index >= 15 is 0 Å². The monoisotopic (exact) mass is 404 g/mol. The minimum atomic E-state index is -2.86. The van der Waals surface area contributed by atoms with Crippen molar-refractivity contribution in [2.75, 3.05) is 24.6 Å². The maximum Gasteiger partial charge on any atom is 0.223 e. The molecule has 1 amide bonds. The zero-order chi connectivity index (χ0) is 19.9. The second-order valence-electron chi connectivity index (χ2n) is 8.13. The van der Waals surface area contributed by atoms with Crippen LogP contribution in [0.15, 0.2) is 18.2 Å². The second-order valence-corrected chi connectivity index (χ2v) is 10.4. The van der Waals surface area contributed by atoms with E-state index in [9.17, 15) is 13.2 Å². The maximum absolute atomic E-state index is 12.6. The lowest BCUT2D eigenvalue weighted by Gasteiger charge is -2.34. The molecule has 0 bridgehead atoms. The number of hydrogen-bond donors (Lipinski definition) is 1. The number of imidazole rings is 1. The van der Waals surface area contributed by atoms with Gasteiger partial charge in [0.05, 0.1) is 22.5 Å². The van der Waals surface area contributed by atoms with Crippen molar-refractivity contribution in [1.82, 2.24) is 19.8 Å². The molecule has 152 valence electrons. The van der Waals surface area contributed by atoms with Crippen molar-refractivity contribution in [2.45, 2.75) is 38.8 Å². The number of rotatable bonds is 4. The minimum Gasteiger partial charge on any atom is -0.352 e. The third-order valence-corrected chi connectivity index (χ3v) is 8.01. The van der Waals surface area contributed by atoms with Crippen LogP contribution in [0.3, 0.4) is 0 Å². The first-order chi connectivity index (χ1) is 13.3. The molecular formula is C20H28N4O3S. The van der Waals surface area contributed by atoms with Crippen LogP contribution in [0.1, 0.15) is 30.7 Å². The van der Waals surface area contributed by atoms with E-state index in [4.69, 9.17) is 0 Å². The van der Waals surface area contributed by atoms with Gasteiger partial charge in [-0.25, -0.2) is 13.4 Å². The number of nitrogens with zero attached hydrogens (tertiary/aromatic N) is 3. The van der Waals surface area contributed by atoms with Gasteiger partial charge in [0, 0.05) is 25.6 Å². The molecule has 1 atom stereocenters. The summed E-state index contributed by atoms with van der Waals surface area (Å²) in [6.07, 6.45) is 2.32. The number of carbonyl (C=O) groups excluding carboxylic acids is 1. The van der Waals surface area contributed by atoms with Gasteiger partial charge in [-0.1, -0.05) is 6.07 Å². The van der Waals surface area contributed by atoms with E-state index in [1.54, 1.807) is 0 Å². The predicted octanol–water partition coefficient (Wildman–Crippen LogP) is 1.40. The van der Waals surface area contributed by atoms with Crippen LogP contribution in [0.4, 0.5) is 0 Å². The third kappa shape index (κ3) is 3.93. The summed E-state index contributed by atoms with van der Waals surface area (Å²) in [5.41, 5.74) is 3.09. The summed E-state index contributed by atoms with van der Waals surface area (Å²) in [5, 5.41) is 3.06. The van der Waals surface area contributed by atoms with Gasteiger partial charge in [-0.3, -0.25) is 9.69 Å². The van der Waals surface area contributed by atoms with Crippen molar-refractivity contribution in [3.8, 4) is 0 Å². The molecule has 0 spiro atoms. The highest BCUT2D eigenvalue weighted by Crippen LogP contribution is 2.25. The lowest BCUT2D eigenvalue weighted by Crippen LogP contribution is -2.45. The number of aromatic nitrogens is 2. The zero-order valence-corrected chi connectivity index (χ0v) is 17.3. The molecule has 0 radical (unpaired) electrons. The van der Waals surface area contributed by atoms with Crippen molar-refractivity contribution >= 4 is 26.8 Å². The Balaban J connectivity index is 1.29.